The molecular formula is C21H19ClN2O4. The van der Waals surface area contributed by atoms with E-state index in [0.29, 0.717) is 28.0 Å². The monoisotopic (exact) mass is 398 g/mol. The highest BCUT2D eigenvalue weighted by atomic mass is 35.5. The maximum absolute atomic E-state index is 12.7. The number of carbonyl (C=O) groups excluding carboxylic acids is 1. The standard InChI is InChI=1S/C21H19ClN2O4/c1-24(18-11-17(22)19(26-2)12-20(18)27-3)21(25)28-16-8-4-6-14(10-16)15-7-5-9-23-13-15/h4-13H,1-3H3. The SMILES string of the molecule is COc1cc(OC)c(N(C)C(=O)Oc2cccc(-c3cccnc3)c2)cc1Cl. The lowest BCUT2D eigenvalue weighted by atomic mass is 10.1. The Morgan fingerprint density at radius 3 is 2.43 bits per heavy atom. The number of carbonyl (C=O) groups is 1. The number of benzene rings is 2. The largest absolute Gasteiger partial charge is 0.495 e. The molecule has 0 aliphatic carbocycles. The fraction of sp³-hybridized carbons (Fsp3) is 0.143. The molecule has 144 valence electrons. The molecule has 0 saturated carbocycles. The van der Waals surface area contributed by atoms with Gasteiger partial charge < -0.3 is 14.2 Å². The summed E-state index contributed by atoms with van der Waals surface area (Å²) in [4.78, 5) is 18.1. The molecule has 0 atom stereocenters. The van der Waals surface area contributed by atoms with Crippen LogP contribution in [0.25, 0.3) is 11.1 Å². The van der Waals surface area contributed by atoms with Crippen LogP contribution in [0.3, 0.4) is 0 Å². The van der Waals surface area contributed by atoms with Gasteiger partial charge in [-0.3, -0.25) is 9.88 Å². The van der Waals surface area contributed by atoms with Crippen LogP contribution in [0.5, 0.6) is 17.2 Å². The summed E-state index contributed by atoms with van der Waals surface area (Å²) in [6.45, 7) is 0. The molecule has 1 aromatic heterocycles. The Balaban J connectivity index is 1.83. The molecule has 3 aromatic rings. The number of anilines is 1. The second-order valence-electron chi connectivity index (χ2n) is 5.86. The highest BCUT2D eigenvalue weighted by molar-refractivity contribution is 6.32. The Labute approximate surface area is 168 Å². The molecule has 1 heterocycles. The lowest BCUT2D eigenvalue weighted by Crippen LogP contribution is -2.29. The molecule has 0 spiro atoms. The minimum absolute atomic E-state index is 0.358. The van der Waals surface area contributed by atoms with Gasteiger partial charge in [0.25, 0.3) is 0 Å². The molecule has 1 amide bonds. The smallest absolute Gasteiger partial charge is 0.419 e. The minimum atomic E-state index is -0.581. The Kier molecular flexibility index (Phi) is 6.01. The Hall–Kier alpha value is -3.25. The van der Waals surface area contributed by atoms with E-state index >= 15 is 0 Å². The summed E-state index contributed by atoms with van der Waals surface area (Å²) in [5.74, 6) is 1.30. The van der Waals surface area contributed by atoms with E-state index in [2.05, 4.69) is 4.98 Å². The van der Waals surface area contributed by atoms with Crippen LogP contribution in [-0.2, 0) is 0 Å². The number of rotatable bonds is 5. The summed E-state index contributed by atoms with van der Waals surface area (Å²) in [5, 5.41) is 0.358. The Morgan fingerprint density at radius 2 is 1.75 bits per heavy atom. The summed E-state index contributed by atoms with van der Waals surface area (Å²) in [6.07, 6.45) is 2.87. The first-order valence-corrected chi connectivity index (χ1v) is 8.78. The highest BCUT2D eigenvalue weighted by Crippen LogP contribution is 2.38. The van der Waals surface area contributed by atoms with Crippen molar-refractivity contribution in [2.45, 2.75) is 0 Å². The molecule has 0 unspecified atom stereocenters. The van der Waals surface area contributed by atoms with Gasteiger partial charge in [-0.1, -0.05) is 29.8 Å². The molecule has 6 nitrogen and oxygen atoms in total. The van der Waals surface area contributed by atoms with E-state index in [4.69, 9.17) is 25.8 Å². The van der Waals surface area contributed by atoms with Crippen molar-refractivity contribution in [3.05, 3.63) is 65.9 Å². The zero-order valence-electron chi connectivity index (χ0n) is 15.7. The van der Waals surface area contributed by atoms with Gasteiger partial charge in [0.1, 0.15) is 17.2 Å². The number of amides is 1. The van der Waals surface area contributed by atoms with Crippen LogP contribution in [0.2, 0.25) is 5.02 Å². The molecule has 0 N–H and O–H groups in total. The van der Waals surface area contributed by atoms with Gasteiger partial charge in [0.15, 0.2) is 0 Å². The lowest BCUT2D eigenvalue weighted by Gasteiger charge is -2.20. The van der Waals surface area contributed by atoms with Gasteiger partial charge in [-0.25, -0.2) is 4.79 Å². The van der Waals surface area contributed by atoms with Crippen LogP contribution < -0.4 is 19.1 Å². The van der Waals surface area contributed by atoms with Crippen molar-refractivity contribution in [1.82, 2.24) is 4.98 Å². The van der Waals surface area contributed by atoms with Crippen molar-refractivity contribution in [3.63, 3.8) is 0 Å². The van der Waals surface area contributed by atoms with Gasteiger partial charge in [0.05, 0.1) is 24.9 Å². The molecule has 7 heteroatoms. The van der Waals surface area contributed by atoms with Gasteiger partial charge in [0, 0.05) is 31.1 Å². The summed E-state index contributed by atoms with van der Waals surface area (Å²) in [6, 6.07) is 14.2. The molecule has 0 radical (unpaired) electrons. The number of pyridine rings is 1. The van der Waals surface area contributed by atoms with Crippen LogP contribution in [0.15, 0.2) is 60.9 Å². The lowest BCUT2D eigenvalue weighted by molar-refractivity contribution is 0.209. The van der Waals surface area contributed by atoms with Gasteiger partial charge in [0.2, 0.25) is 0 Å². The van der Waals surface area contributed by atoms with E-state index in [1.54, 1.807) is 43.7 Å². The number of methoxy groups -OCH3 is 2. The van der Waals surface area contributed by atoms with Gasteiger partial charge in [-0.2, -0.15) is 0 Å². The molecule has 0 fully saturated rings. The first-order chi connectivity index (χ1) is 13.5. The number of halogens is 1. The first kappa shape index (κ1) is 19.5. The Bertz CT molecular complexity index is 979. The average molecular weight is 399 g/mol. The van der Waals surface area contributed by atoms with Crippen LogP contribution >= 0.6 is 11.6 Å². The third kappa shape index (κ3) is 4.18. The highest BCUT2D eigenvalue weighted by Gasteiger charge is 2.20. The second-order valence-corrected chi connectivity index (χ2v) is 6.26. The maximum Gasteiger partial charge on any atom is 0.419 e. The van der Waals surface area contributed by atoms with Gasteiger partial charge in [-0.05, 0) is 29.8 Å². The summed E-state index contributed by atoms with van der Waals surface area (Å²) < 4.78 is 16.1. The average Bonchev–Trinajstić information content (AvgIpc) is 2.73. The zero-order valence-corrected chi connectivity index (χ0v) is 16.4. The molecule has 2 aromatic carbocycles. The normalized spacial score (nSPS) is 10.3. The minimum Gasteiger partial charge on any atom is -0.495 e. The van der Waals surface area contributed by atoms with Crippen LogP contribution in [0, 0.1) is 0 Å². The predicted molar refractivity (Wildman–Crippen MR) is 109 cm³/mol. The number of nitrogens with zero attached hydrogens (tertiary/aromatic N) is 2. The number of aromatic nitrogens is 1. The predicted octanol–water partition coefficient (Wildman–Crippen LogP) is 5.05. The molecule has 3 rings (SSSR count). The van der Waals surface area contributed by atoms with E-state index < -0.39 is 6.09 Å². The fourth-order valence-electron chi connectivity index (χ4n) is 2.65. The van der Waals surface area contributed by atoms with Crippen molar-refractivity contribution < 1.29 is 19.0 Å². The van der Waals surface area contributed by atoms with Crippen molar-refractivity contribution in [3.8, 4) is 28.4 Å². The van der Waals surface area contributed by atoms with Crippen molar-refractivity contribution >= 4 is 23.4 Å². The summed E-state index contributed by atoms with van der Waals surface area (Å²) in [5.41, 5.74) is 2.28. The topological polar surface area (TPSA) is 60.9 Å². The molecular weight excluding hydrogens is 380 g/mol. The fourth-order valence-corrected chi connectivity index (χ4v) is 2.88. The first-order valence-electron chi connectivity index (χ1n) is 8.41. The van der Waals surface area contributed by atoms with E-state index in [9.17, 15) is 4.79 Å². The quantitative estimate of drug-likeness (QED) is 0.601. The number of hydrogen-bond acceptors (Lipinski definition) is 5. The second kappa shape index (κ2) is 8.63. The molecule has 28 heavy (non-hydrogen) atoms. The maximum atomic E-state index is 12.7. The summed E-state index contributed by atoms with van der Waals surface area (Å²) >= 11 is 6.19. The van der Waals surface area contributed by atoms with Crippen molar-refractivity contribution in [2.75, 3.05) is 26.2 Å². The third-order valence-corrected chi connectivity index (χ3v) is 4.42. The third-order valence-electron chi connectivity index (χ3n) is 4.12. The molecule has 0 bridgehead atoms. The van der Waals surface area contributed by atoms with Crippen LogP contribution in [-0.4, -0.2) is 32.3 Å². The van der Waals surface area contributed by atoms with Crippen LogP contribution in [0.4, 0.5) is 10.5 Å². The van der Waals surface area contributed by atoms with Crippen molar-refractivity contribution in [2.24, 2.45) is 0 Å². The van der Waals surface area contributed by atoms with Gasteiger partial charge >= 0.3 is 6.09 Å². The Morgan fingerprint density at radius 1 is 1.00 bits per heavy atom. The number of hydrogen-bond donors (Lipinski definition) is 0. The van der Waals surface area contributed by atoms with Gasteiger partial charge in [-0.15, -0.1) is 0 Å². The summed E-state index contributed by atoms with van der Waals surface area (Å²) in [7, 11) is 4.59. The van der Waals surface area contributed by atoms with E-state index in [-0.39, 0.29) is 0 Å². The molecule has 0 aliphatic rings. The zero-order chi connectivity index (χ0) is 20.1. The number of ether oxygens (including phenoxy) is 3. The van der Waals surface area contributed by atoms with E-state index in [0.717, 1.165) is 11.1 Å². The van der Waals surface area contributed by atoms with E-state index in [1.165, 1.54) is 19.1 Å². The molecule has 0 saturated heterocycles. The molecule has 0 aliphatic heterocycles. The van der Waals surface area contributed by atoms with Crippen LogP contribution in [0.1, 0.15) is 0 Å². The van der Waals surface area contributed by atoms with Crippen molar-refractivity contribution in [1.29, 1.82) is 0 Å². The van der Waals surface area contributed by atoms with E-state index in [1.807, 2.05) is 24.3 Å².